The van der Waals surface area contributed by atoms with Gasteiger partial charge in [0.25, 0.3) is 10.0 Å². The highest BCUT2D eigenvalue weighted by Gasteiger charge is 2.29. The van der Waals surface area contributed by atoms with E-state index < -0.39 is 16.0 Å². The number of anilines is 1. The zero-order chi connectivity index (χ0) is 15.7. The van der Waals surface area contributed by atoms with Crippen LogP contribution in [0.25, 0.3) is 0 Å². The molecule has 1 aliphatic rings. The summed E-state index contributed by atoms with van der Waals surface area (Å²) in [6.45, 7) is 0.399. The minimum absolute atomic E-state index is 0.178. The van der Waals surface area contributed by atoms with Crippen LogP contribution in [0.1, 0.15) is 22.3 Å². The van der Waals surface area contributed by atoms with Crippen LogP contribution in [-0.4, -0.2) is 26.0 Å². The van der Waals surface area contributed by atoms with Gasteiger partial charge in [-0.3, -0.25) is 4.31 Å². The highest BCUT2D eigenvalue weighted by molar-refractivity contribution is 7.92. The summed E-state index contributed by atoms with van der Waals surface area (Å²) in [4.78, 5) is 11.3. The van der Waals surface area contributed by atoms with Gasteiger partial charge in [0.15, 0.2) is 0 Å². The lowest BCUT2D eigenvalue weighted by Crippen LogP contribution is -2.35. The van der Waals surface area contributed by atoms with Crippen molar-refractivity contribution >= 4 is 21.7 Å². The van der Waals surface area contributed by atoms with Gasteiger partial charge in [0.1, 0.15) is 0 Å². The smallest absolute Gasteiger partial charge is 0.335 e. The Labute approximate surface area is 128 Å². The third-order valence-corrected chi connectivity index (χ3v) is 5.56. The molecular weight excluding hydrogens is 302 g/mol. The molecule has 0 radical (unpaired) electrons. The molecule has 6 heteroatoms. The van der Waals surface area contributed by atoms with Crippen LogP contribution in [-0.2, 0) is 16.4 Å². The maximum Gasteiger partial charge on any atom is 0.335 e. The van der Waals surface area contributed by atoms with Gasteiger partial charge in [-0.1, -0.05) is 18.2 Å². The van der Waals surface area contributed by atoms with Crippen LogP contribution in [0.4, 0.5) is 5.69 Å². The average Bonchev–Trinajstić information content (AvgIpc) is 2.54. The van der Waals surface area contributed by atoms with Crippen LogP contribution in [0.15, 0.2) is 53.4 Å². The summed E-state index contributed by atoms with van der Waals surface area (Å²) in [5, 5.41) is 9.06. The van der Waals surface area contributed by atoms with Crippen LogP contribution in [0.2, 0.25) is 0 Å². The van der Waals surface area contributed by atoms with E-state index in [4.69, 9.17) is 5.11 Å². The van der Waals surface area contributed by atoms with Gasteiger partial charge in [-0.2, -0.15) is 0 Å². The molecule has 2 aromatic carbocycles. The lowest BCUT2D eigenvalue weighted by atomic mass is 10.0. The zero-order valence-electron chi connectivity index (χ0n) is 11.8. The number of fused-ring (bicyclic) bond motifs is 1. The van der Waals surface area contributed by atoms with Crippen molar-refractivity contribution in [2.24, 2.45) is 0 Å². The molecule has 0 amide bonds. The maximum absolute atomic E-state index is 12.8. The largest absolute Gasteiger partial charge is 0.478 e. The molecule has 0 unspecified atom stereocenters. The SMILES string of the molecule is O=C(O)c1ccc2c(c1)CCCN2S(=O)(=O)c1ccccc1. The molecule has 5 nitrogen and oxygen atoms in total. The summed E-state index contributed by atoms with van der Waals surface area (Å²) in [7, 11) is -3.62. The lowest BCUT2D eigenvalue weighted by molar-refractivity contribution is 0.0697. The molecule has 2 aromatic rings. The van der Waals surface area contributed by atoms with Gasteiger partial charge in [-0.25, -0.2) is 13.2 Å². The minimum atomic E-state index is -3.62. The van der Waals surface area contributed by atoms with Crippen molar-refractivity contribution in [2.75, 3.05) is 10.8 Å². The van der Waals surface area contributed by atoms with E-state index in [-0.39, 0.29) is 10.5 Å². The predicted molar refractivity (Wildman–Crippen MR) is 82.7 cm³/mol. The van der Waals surface area contributed by atoms with E-state index in [9.17, 15) is 13.2 Å². The fraction of sp³-hybridized carbons (Fsp3) is 0.188. The van der Waals surface area contributed by atoms with Crippen molar-refractivity contribution in [3.8, 4) is 0 Å². The van der Waals surface area contributed by atoms with Gasteiger partial charge in [-0.05, 0) is 48.7 Å². The summed E-state index contributed by atoms with van der Waals surface area (Å²) in [6, 6.07) is 12.9. The Kier molecular flexibility index (Phi) is 3.62. The number of carboxylic acids is 1. The van der Waals surface area contributed by atoms with Gasteiger partial charge in [0.05, 0.1) is 16.1 Å². The van der Waals surface area contributed by atoms with Crippen LogP contribution in [0.5, 0.6) is 0 Å². The highest BCUT2D eigenvalue weighted by atomic mass is 32.2. The van der Waals surface area contributed by atoms with Gasteiger partial charge >= 0.3 is 5.97 Å². The quantitative estimate of drug-likeness (QED) is 0.944. The van der Waals surface area contributed by atoms with E-state index in [1.807, 2.05) is 0 Å². The molecule has 114 valence electrons. The molecule has 0 fully saturated rings. The molecule has 1 N–H and O–H groups in total. The Morgan fingerprint density at radius 1 is 1.09 bits per heavy atom. The van der Waals surface area contributed by atoms with Crippen molar-refractivity contribution in [1.29, 1.82) is 0 Å². The Hall–Kier alpha value is -2.34. The fourth-order valence-electron chi connectivity index (χ4n) is 2.67. The van der Waals surface area contributed by atoms with Crippen molar-refractivity contribution in [2.45, 2.75) is 17.7 Å². The summed E-state index contributed by atoms with van der Waals surface area (Å²) in [5.41, 5.74) is 1.50. The molecular formula is C16H15NO4S. The average molecular weight is 317 g/mol. The van der Waals surface area contributed by atoms with Crippen LogP contribution in [0.3, 0.4) is 0 Å². The standard InChI is InChI=1S/C16H15NO4S/c18-16(19)13-8-9-15-12(11-13)5-4-10-17(15)22(20,21)14-6-2-1-3-7-14/h1-3,6-9,11H,4-5,10H2,(H,18,19). The van der Waals surface area contributed by atoms with Gasteiger partial charge in [0, 0.05) is 6.54 Å². The molecule has 1 aliphatic heterocycles. The van der Waals surface area contributed by atoms with Crippen molar-refractivity contribution in [1.82, 2.24) is 0 Å². The van der Waals surface area contributed by atoms with E-state index in [0.717, 1.165) is 5.56 Å². The van der Waals surface area contributed by atoms with E-state index >= 15 is 0 Å². The number of nitrogens with zero attached hydrogens (tertiary/aromatic N) is 1. The molecule has 0 aliphatic carbocycles. The van der Waals surface area contributed by atoms with Gasteiger partial charge in [-0.15, -0.1) is 0 Å². The van der Waals surface area contributed by atoms with Gasteiger partial charge in [0.2, 0.25) is 0 Å². The van der Waals surface area contributed by atoms with E-state index in [1.54, 1.807) is 42.5 Å². The van der Waals surface area contributed by atoms with Crippen LogP contribution >= 0.6 is 0 Å². The number of benzene rings is 2. The normalized spacial score (nSPS) is 14.5. The lowest BCUT2D eigenvalue weighted by Gasteiger charge is -2.30. The van der Waals surface area contributed by atoms with Crippen molar-refractivity contribution in [3.05, 3.63) is 59.7 Å². The van der Waals surface area contributed by atoms with Crippen LogP contribution in [0, 0.1) is 0 Å². The Morgan fingerprint density at radius 3 is 2.50 bits per heavy atom. The first-order valence-corrected chi connectivity index (χ1v) is 8.38. The molecule has 0 saturated heterocycles. The predicted octanol–water partition coefficient (Wildman–Crippen LogP) is 2.53. The third kappa shape index (κ3) is 2.46. The molecule has 22 heavy (non-hydrogen) atoms. The van der Waals surface area contributed by atoms with E-state index in [2.05, 4.69) is 0 Å². The minimum Gasteiger partial charge on any atom is -0.478 e. The molecule has 0 aromatic heterocycles. The number of hydrogen-bond acceptors (Lipinski definition) is 3. The molecule has 0 saturated carbocycles. The van der Waals surface area contributed by atoms with Crippen molar-refractivity contribution in [3.63, 3.8) is 0 Å². The second kappa shape index (κ2) is 5.46. The maximum atomic E-state index is 12.8. The molecule has 0 atom stereocenters. The Bertz CT molecular complexity index is 815. The summed E-state index contributed by atoms with van der Waals surface area (Å²) in [5.74, 6) is -1.01. The second-order valence-corrected chi connectivity index (χ2v) is 7.00. The summed E-state index contributed by atoms with van der Waals surface area (Å²) >= 11 is 0. The van der Waals surface area contributed by atoms with Gasteiger partial charge < -0.3 is 5.11 Å². The molecule has 0 spiro atoms. The molecule has 0 bridgehead atoms. The Morgan fingerprint density at radius 2 is 1.82 bits per heavy atom. The monoisotopic (exact) mass is 317 g/mol. The number of carbonyl (C=O) groups is 1. The first kappa shape index (κ1) is 14.6. The number of hydrogen-bond donors (Lipinski definition) is 1. The topological polar surface area (TPSA) is 74.7 Å². The number of aryl methyl sites for hydroxylation is 1. The Balaban J connectivity index is 2.07. The first-order valence-electron chi connectivity index (χ1n) is 6.94. The number of rotatable bonds is 3. The second-order valence-electron chi connectivity index (χ2n) is 5.14. The molecule has 1 heterocycles. The van der Waals surface area contributed by atoms with E-state index in [1.165, 1.54) is 10.4 Å². The van der Waals surface area contributed by atoms with Crippen molar-refractivity contribution < 1.29 is 18.3 Å². The number of sulfonamides is 1. The first-order chi connectivity index (χ1) is 10.5. The fourth-order valence-corrected chi connectivity index (χ4v) is 4.23. The van der Waals surface area contributed by atoms with Crippen LogP contribution < -0.4 is 4.31 Å². The molecule has 3 rings (SSSR count). The highest BCUT2D eigenvalue weighted by Crippen LogP contribution is 2.32. The number of aromatic carboxylic acids is 1. The zero-order valence-corrected chi connectivity index (χ0v) is 12.6. The third-order valence-electron chi connectivity index (χ3n) is 3.73. The summed E-state index contributed by atoms with van der Waals surface area (Å²) in [6.07, 6.45) is 1.35. The summed E-state index contributed by atoms with van der Waals surface area (Å²) < 4.78 is 26.9. The van der Waals surface area contributed by atoms with E-state index in [0.29, 0.717) is 25.1 Å². The number of carboxylic acid groups (broad SMARTS) is 1.